The van der Waals surface area contributed by atoms with Gasteiger partial charge in [-0.15, -0.1) is 0 Å². The van der Waals surface area contributed by atoms with Crippen LogP contribution in [0, 0.1) is 12.8 Å². The molecule has 1 fully saturated rings. The Morgan fingerprint density at radius 3 is 2.67 bits per heavy atom. The van der Waals surface area contributed by atoms with Gasteiger partial charge in [0.25, 0.3) is 0 Å². The normalized spacial score (nSPS) is 20.2. The van der Waals surface area contributed by atoms with E-state index in [1.54, 1.807) is 0 Å². The van der Waals surface area contributed by atoms with Gasteiger partial charge in [0.05, 0.1) is 0 Å². The lowest BCUT2D eigenvalue weighted by atomic mass is 9.90. The van der Waals surface area contributed by atoms with Crippen molar-refractivity contribution in [3.8, 4) is 0 Å². The van der Waals surface area contributed by atoms with E-state index in [2.05, 4.69) is 46.9 Å². The average molecular weight is 250 g/mol. The number of hydrogen-bond donors (Lipinski definition) is 1. The summed E-state index contributed by atoms with van der Waals surface area (Å²) >= 11 is 0. The van der Waals surface area contributed by atoms with E-state index in [4.69, 9.17) is 0 Å². The summed E-state index contributed by atoms with van der Waals surface area (Å²) in [6.07, 6.45) is 6.61. The molecule has 4 nitrogen and oxygen atoms in total. The molecule has 1 aromatic heterocycles. The van der Waals surface area contributed by atoms with Crippen LogP contribution >= 0.6 is 0 Å². The summed E-state index contributed by atoms with van der Waals surface area (Å²) in [5.41, 5.74) is 0. The van der Waals surface area contributed by atoms with E-state index >= 15 is 0 Å². The van der Waals surface area contributed by atoms with Gasteiger partial charge in [0.15, 0.2) is 0 Å². The SMILES string of the molecule is CNC(C)C1CCN(CCn2ccnc2C)CC1. The molecule has 2 heterocycles. The zero-order valence-electron chi connectivity index (χ0n) is 11.9. The van der Waals surface area contributed by atoms with Crippen LogP contribution in [0.15, 0.2) is 12.4 Å². The molecule has 1 atom stereocenters. The van der Waals surface area contributed by atoms with E-state index in [0.29, 0.717) is 6.04 Å². The van der Waals surface area contributed by atoms with Crippen molar-refractivity contribution in [3.63, 3.8) is 0 Å². The highest BCUT2D eigenvalue weighted by Gasteiger charge is 2.22. The number of hydrogen-bond acceptors (Lipinski definition) is 3. The first-order chi connectivity index (χ1) is 8.70. The fourth-order valence-corrected chi connectivity index (χ4v) is 2.80. The topological polar surface area (TPSA) is 33.1 Å². The van der Waals surface area contributed by atoms with Gasteiger partial charge in [-0.1, -0.05) is 0 Å². The van der Waals surface area contributed by atoms with Crippen molar-refractivity contribution in [1.29, 1.82) is 0 Å². The van der Waals surface area contributed by atoms with Crippen LogP contribution in [-0.4, -0.2) is 47.2 Å². The molecular formula is C14H26N4. The minimum atomic E-state index is 0.656. The largest absolute Gasteiger partial charge is 0.334 e. The third-order valence-electron chi connectivity index (χ3n) is 4.38. The summed E-state index contributed by atoms with van der Waals surface area (Å²) < 4.78 is 2.24. The zero-order valence-corrected chi connectivity index (χ0v) is 11.9. The summed E-state index contributed by atoms with van der Waals surface area (Å²) in [6.45, 7) is 9.07. The first kappa shape index (κ1) is 13.6. The van der Waals surface area contributed by atoms with Gasteiger partial charge in [-0.05, 0) is 52.7 Å². The Kier molecular flexibility index (Phi) is 4.78. The Morgan fingerprint density at radius 2 is 2.11 bits per heavy atom. The van der Waals surface area contributed by atoms with Crippen molar-refractivity contribution in [3.05, 3.63) is 18.2 Å². The van der Waals surface area contributed by atoms with Crippen LogP contribution in [0.4, 0.5) is 0 Å². The van der Waals surface area contributed by atoms with E-state index in [9.17, 15) is 0 Å². The molecule has 1 saturated heterocycles. The summed E-state index contributed by atoms with van der Waals surface area (Å²) in [5, 5.41) is 3.38. The van der Waals surface area contributed by atoms with Gasteiger partial charge in [-0.25, -0.2) is 4.98 Å². The maximum absolute atomic E-state index is 4.26. The number of likely N-dealkylation sites (tertiary alicyclic amines) is 1. The number of nitrogens with one attached hydrogen (secondary N) is 1. The molecule has 0 radical (unpaired) electrons. The van der Waals surface area contributed by atoms with Crippen molar-refractivity contribution >= 4 is 0 Å². The molecule has 1 aliphatic heterocycles. The molecule has 2 rings (SSSR count). The van der Waals surface area contributed by atoms with Crippen molar-refractivity contribution in [2.24, 2.45) is 5.92 Å². The van der Waals surface area contributed by atoms with E-state index in [0.717, 1.165) is 24.8 Å². The summed E-state index contributed by atoms with van der Waals surface area (Å²) in [6, 6.07) is 0.656. The monoisotopic (exact) mass is 250 g/mol. The van der Waals surface area contributed by atoms with Crippen LogP contribution in [0.2, 0.25) is 0 Å². The molecule has 4 heteroatoms. The fourth-order valence-electron chi connectivity index (χ4n) is 2.80. The molecule has 0 aliphatic carbocycles. The molecule has 0 amide bonds. The van der Waals surface area contributed by atoms with Gasteiger partial charge in [0, 0.05) is 31.5 Å². The first-order valence-electron chi connectivity index (χ1n) is 7.08. The first-order valence-corrected chi connectivity index (χ1v) is 7.08. The van der Waals surface area contributed by atoms with Gasteiger partial charge in [0.2, 0.25) is 0 Å². The quantitative estimate of drug-likeness (QED) is 0.860. The van der Waals surface area contributed by atoms with E-state index in [1.807, 2.05) is 6.20 Å². The van der Waals surface area contributed by atoms with Gasteiger partial charge in [-0.3, -0.25) is 0 Å². The maximum atomic E-state index is 4.26. The lowest BCUT2D eigenvalue weighted by Crippen LogP contribution is -2.41. The van der Waals surface area contributed by atoms with Gasteiger partial charge in [0.1, 0.15) is 5.82 Å². The number of aromatic nitrogens is 2. The highest BCUT2D eigenvalue weighted by molar-refractivity contribution is 4.88. The molecule has 102 valence electrons. The third kappa shape index (κ3) is 3.33. The molecule has 1 aliphatic rings. The lowest BCUT2D eigenvalue weighted by molar-refractivity contribution is 0.160. The number of piperidine rings is 1. The lowest BCUT2D eigenvalue weighted by Gasteiger charge is -2.34. The number of aryl methyl sites for hydroxylation is 1. The predicted molar refractivity (Wildman–Crippen MR) is 74.6 cm³/mol. The Balaban J connectivity index is 1.72. The van der Waals surface area contributed by atoms with Crippen LogP contribution in [0.5, 0.6) is 0 Å². The third-order valence-corrected chi connectivity index (χ3v) is 4.38. The summed E-state index contributed by atoms with van der Waals surface area (Å²) in [7, 11) is 2.07. The minimum absolute atomic E-state index is 0.656. The second kappa shape index (κ2) is 6.34. The van der Waals surface area contributed by atoms with E-state index < -0.39 is 0 Å². The smallest absolute Gasteiger partial charge is 0.105 e. The zero-order chi connectivity index (χ0) is 13.0. The van der Waals surface area contributed by atoms with Crippen molar-refractivity contribution < 1.29 is 0 Å². The Morgan fingerprint density at radius 1 is 1.39 bits per heavy atom. The minimum Gasteiger partial charge on any atom is -0.334 e. The predicted octanol–water partition coefficient (Wildman–Crippen LogP) is 1.51. The summed E-state index contributed by atoms with van der Waals surface area (Å²) in [5.74, 6) is 1.97. The number of imidazole rings is 1. The molecule has 1 aromatic rings. The fraction of sp³-hybridized carbons (Fsp3) is 0.786. The maximum Gasteiger partial charge on any atom is 0.105 e. The highest BCUT2D eigenvalue weighted by atomic mass is 15.2. The van der Waals surface area contributed by atoms with Crippen LogP contribution < -0.4 is 5.32 Å². The molecule has 0 bridgehead atoms. The molecule has 1 N–H and O–H groups in total. The van der Waals surface area contributed by atoms with E-state index in [-0.39, 0.29) is 0 Å². The molecule has 0 spiro atoms. The number of rotatable bonds is 5. The van der Waals surface area contributed by atoms with Crippen LogP contribution in [0.1, 0.15) is 25.6 Å². The summed E-state index contributed by atoms with van der Waals surface area (Å²) in [4.78, 5) is 6.84. The van der Waals surface area contributed by atoms with Crippen molar-refractivity contribution in [1.82, 2.24) is 19.8 Å². The molecule has 18 heavy (non-hydrogen) atoms. The van der Waals surface area contributed by atoms with Gasteiger partial charge in [-0.2, -0.15) is 0 Å². The Hall–Kier alpha value is -0.870. The van der Waals surface area contributed by atoms with E-state index in [1.165, 1.54) is 25.9 Å². The second-order valence-corrected chi connectivity index (χ2v) is 5.42. The second-order valence-electron chi connectivity index (χ2n) is 5.42. The molecular weight excluding hydrogens is 224 g/mol. The van der Waals surface area contributed by atoms with Crippen molar-refractivity contribution in [2.75, 3.05) is 26.7 Å². The molecule has 0 aromatic carbocycles. The molecule has 1 unspecified atom stereocenters. The van der Waals surface area contributed by atoms with Crippen molar-refractivity contribution in [2.45, 2.75) is 39.3 Å². The standard InChI is InChI=1S/C14H26N4/c1-12(15-3)14-4-7-17(8-5-14)10-11-18-9-6-16-13(18)2/h6,9,12,14-15H,4-5,7-8,10-11H2,1-3H3. The Labute approximate surface area is 110 Å². The van der Waals surface area contributed by atoms with Crippen LogP contribution in [-0.2, 0) is 6.54 Å². The average Bonchev–Trinajstić information content (AvgIpc) is 2.81. The van der Waals surface area contributed by atoms with Crippen LogP contribution in [0.3, 0.4) is 0 Å². The Bertz CT molecular complexity index is 352. The molecule has 0 saturated carbocycles. The van der Waals surface area contributed by atoms with Gasteiger partial charge >= 0.3 is 0 Å². The van der Waals surface area contributed by atoms with Crippen LogP contribution in [0.25, 0.3) is 0 Å². The highest BCUT2D eigenvalue weighted by Crippen LogP contribution is 2.20. The van der Waals surface area contributed by atoms with Gasteiger partial charge < -0.3 is 14.8 Å². The number of nitrogens with zero attached hydrogens (tertiary/aromatic N) is 3.